The van der Waals surface area contributed by atoms with E-state index in [0.29, 0.717) is 24.6 Å². The van der Waals surface area contributed by atoms with Crippen LogP contribution in [0.1, 0.15) is 21.3 Å². The first kappa shape index (κ1) is 27.1. The van der Waals surface area contributed by atoms with Crippen LogP contribution >= 0.6 is 23.1 Å². The molecule has 2 aromatic carbocycles. The molecule has 2 amide bonds. The van der Waals surface area contributed by atoms with E-state index >= 15 is 0 Å². The van der Waals surface area contributed by atoms with Gasteiger partial charge in [-0.1, -0.05) is 30.3 Å². The van der Waals surface area contributed by atoms with E-state index in [1.807, 2.05) is 49.3 Å². The Morgan fingerprint density at radius 2 is 1.87 bits per heavy atom. The molecule has 1 aliphatic heterocycles. The molecule has 1 atom stereocenters. The number of nitrogens with zero attached hydrogens (tertiary/aromatic N) is 4. The number of likely N-dealkylation sites (N-methyl/N-ethyl adjacent to an activating group) is 1. The van der Waals surface area contributed by atoms with Crippen molar-refractivity contribution < 1.29 is 14.0 Å². The number of carbonyl (C=O) groups excluding carboxylic acids is 2. The van der Waals surface area contributed by atoms with Crippen molar-refractivity contribution in [2.24, 2.45) is 0 Å². The number of halogens is 1. The highest BCUT2D eigenvalue weighted by atomic mass is 32.2. The van der Waals surface area contributed by atoms with Gasteiger partial charge in [-0.25, -0.2) is 9.07 Å². The summed E-state index contributed by atoms with van der Waals surface area (Å²) in [6, 6.07) is 17.9. The highest BCUT2D eigenvalue weighted by molar-refractivity contribution is 8.00. The molecular formula is C29H30FN5O2S2. The summed E-state index contributed by atoms with van der Waals surface area (Å²) in [5.41, 5.74) is 4.24. The molecule has 0 radical (unpaired) electrons. The minimum atomic E-state index is -0.365. The van der Waals surface area contributed by atoms with E-state index in [1.54, 1.807) is 44.8 Å². The van der Waals surface area contributed by atoms with Crippen molar-refractivity contribution in [1.29, 1.82) is 0 Å². The normalized spacial score (nSPS) is 15.4. The van der Waals surface area contributed by atoms with Gasteiger partial charge in [-0.05, 0) is 62.3 Å². The average Bonchev–Trinajstić information content (AvgIpc) is 3.49. The van der Waals surface area contributed by atoms with Gasteiger partial charge in [0, 0.05) is 29.1 Å². The Morgan fingerprint density at radius 1 is 1.13 bits per heavy atom. The van der Waals surface area contributed by atoms with Gasteiger partial charge in [-0.2, -0.15) is 5.10 Å². The fourth-order valence-corrected chi connectivity index (χ4v) is 7.04. The van der Waals surface area contributed by atoms with Crippen LogP contribution in [-0.4, -0.2) is 66.0 Å². The van der Waals surface area contributed by atoms with Gasteiger partial charge in [0.05, 0.1) is 22.4 Å². The van der Waals surface area contributed by atoms with E-state index in [9.17, 15) is 14.0 Å². The van der Waals surface area contributed by atoms with Crippen LogP contribution in [0.3, 0.4) is 0 Å². The highest BCUT2D eigenvalue weighted by Crippen LogP contribution is 2.50. The van der Waals surface area contributed by atoms with Crippen molar-refractivity contribution in [3.63, 3.8) is 0 Å². The summed E-state index contributed by atoms with van der Waals surface area (Å²) < 4.78 is 15.6. The smallest absolute Gasteiger partial charge is 0.240 e. The zero-order chi connectivity index (χ0) is 27.5. The molecule has 202 valence electrons. The molecule has 3 heterocycles. The Hall–Kier alpha value is -3.47. The maximum atomic E-state index is 13.9. The van der Waals surface area contributed by atoms with Gasteiger partial charge < -0.3 is 10.2 Å². The first-order valence-corrected chi connectivity index (χ1v) is 14.6. The minimum absolute atomic E-state index is 0.142. The Labute approximate surface area is 235 Å². The predicted octanol–water partition coefficient (Wildman–Crippen LogP) is 4.90. The Balaban J connectivity index is 1.71. The molecule has 0 bridgehead atoms. The fourth-order valence-electron chi connectivity index (χ4n) is 4.57. The van der Waals surface area contributed by atoms with Gasteiger partial charge in [0.15, 0.2) is 0 Å². The Kier molecular flexibility index (Phi) is 8.15. The van der Waals surface area contributed by atoms with Crippen LogP contribution < -0.4 is 10.2 Å². The molecule has 0 saturated heterocycles. The summed E-state index contributed by atoms with van der Waals surface area (Å²) in [5, 5.41) is 9.84. The lowest BCUT2D eigenvalue weighted by molar-refractivity contribution is -0.122. The quantitative estimate of drug-likeness (QED) is 0.331. The van der Waals surface area contributed by atoms with Gasteiger partial charge in [0.25, 0.3) is 0 Å². The zero-order valence-electron chi connectivity index (χ0n) is 22.1. The van der Waals surface area contributed by atoms with Crippen molar-refractivity contribution in [3.05, 3.63) is 87.9 Å². The number of hydrogen-bond donors (Lipinski definition) is 1. The monoisotopic (exact) mass is 563 g/mol. The van der Waals surface area contributed by atoms with Crippen LogP contribution in [0, 0.1) is 12.7 Å². The van der Waals surface area contributed by atoms with Crippen molar-refractivity contribution >= 4 is 40.7 Å². The Bertz CT molecular complexity index is 1470. The molecule has 1 N–H and O–H groups in total. The molecule has 0 saturated carbocycles. The second-order valence-electron chi connectivity index (χ2n) is 9.63. The van der Waals surface area contributed by atoms with Crippen LogP contribution in [0.15, 0.2) is 66.0 Å². The van der Waals surface area contributed by atoms with Crippen LogP contribution in [-0.2, 0) is 9.59 Å². The highest BCUT2D eigenvalue weighted by Gasteiger charge is 2.38. The molecule has 0 fully saturated rings. The Morgan fingerprint density at radius 3 is 2.54 bits per heavy atom. The van der Waals surface area contributed by atoms with Crippen molar-refractivity contribution in [1.82, 2.24) is 20.0 Å². The van der Waals surface area contributed by atoms with Crippen LogP contribution in [0.5, 0.6) is 0 Å². The number of amides is 2. The molecule has 7 nitrogen and oxygen atoms in total. The van der Waals surface area contributed by atoms with E-state index in [1.165, 1.54) is 12.1 Å². The van der Waals surface area contributed by atoms with Gasteiger partial charge in [-0.3, -0.25) is 14.5 Å². The third-order valence-corrected chi connectivity index (χ3v) is 8.98. The standard InChI is InChI=1S/C29H30FN5O2S2/c1-19-13-16-38-27(19)28-25-26(20-7-5-4-6-8-20)32-35(22-11-9-21(30)10-12-22)29(25)34(24(37)18-39-28)17-23(36)31-14-15-33(2)3/h4-13,16,28H,14-15,17-18H2,1-3H3,(H,31,36). The number of aromatic nitrogens is 2. The lowest BCUT2D eigenvalue weighted by atomic mass is 10.0. The predicted molar refractivity (Wildman–Crippen MR) is 156 cm³/mol. The number of fused-ring (bicyclic) bond motifs is 1. The third-order valence-electron chi connectivity index (χ3n) is 6.53. The summed E-state index contributed by atoms with van der Waals surface area (Å²) >= 11 is 3.20. The van der Waals surface area contributed by atoms with E-state index in [4.69, 9.17) is 5.10 Å². The van der Waals surface area contributed by atoms with Crippen LogP contribution in [0.25, 0.3) is 16.9 Å². The summed E-state index contributed by atoms with van der Waals surface area (Å²) in [5.74, 6) is -0.0463. The molecule has 39 heavy (non-hydrogen) atoms. The molecule has 2 aromatic heterocycles. The second-order valence-corrected chi connectivity index (χ2v) is 11.7. The van der Waals surface area contributed by atoms with Gasteiger partial charge >= 0.3 is 0 Å². The van der Waals surface area contributed by atoms with Crippen LogP contribution in [0.4, 0.5) is 10.2 Å². The van der Waals surface area contributed by atoms with Gasteiger partial charge in [0.1, 0.15) is 18.2 Å². The number of rotatable bonds is 8. The van der Waals surface area contributed by atoms with Crippen LogP contribution in [0.2, 0.25) is 0 Å². The first-order chi connectivity index (χ1) is 18.8. The first-order valence-electron chi connectivity index (χ1n) is 12.6. The summed E-state index contributed by atoms with van der Waals surface area (Å²) in [6.07, 6.45) is 0. The maximum Gasteiger partial charge on any atom is 0.240 e. The molecular weight excluding hydrogens is 533 g/mol. The number of thioether (sulfide) groups is 1. The van der Waals surface area contributed by atoms with Gasteiger partial charge in [-0.15, -0.1) is 23.1 Å². The molecule has 1 unspecified atom stereocenters. The third kappa shape index (κ3) is 5.78. The van der Waals surface area contributed by atoms with Crippen molar-refractivity contribution in [2.75, 3.05) is 44.4 Å². The lowest BCUT2D eigenvalue weighted by Crippen LogP contribution is -2.43. The number of aryl methyl sites for hydroxylation is 1. The minimum Gasteiger partial charge on any atom is -0.353 e. The van der Waals surface area contributed by atoms with Crippen molar-refractivity contribution in [2.45, 2.75) is 12.2 Å². The maximum absolute atomic E-state index is 13.9. The molecule has 10 heteroatoms. The summed E-state index contributed by atoms with van der Waals surface area (Å²) in [4.78, 5) is 31.4. The number of anilines is 1. The van der Waals surface area contributed by atoms with Crippen molar-refractivity contribution in [3.8, 4) is 16.9 Å². The number of carbonyl (C=O) groups is 2. The number of benzene rings is 2. The molecule has 4 aromatic rings. The molecule has 1 aliphatic rings. The van der Waals surface area contributed by atoms with E-state index in [2.05, 4.69) is 23.7 Å². The summed E-state index contributed by atoms with van der Waals surface area (Å²) in [6.45, 7) is 3.09. The average molecular weight is 564 g/mol. The topological polar surface area (TPSA) is 70.5 Å². The van der Waals surface area contributed by atoms with E-state index in [-0.39, 0.29) is 35.2 Å². The largest absolute Gasteiger partial charge is 0.353 e. The number of nitrogens with one attached hydrogen (secondary N) is 1. The van der Waals surface area contributed by atoms with Gasteiger partial charge in [0.2, 0.25) is 11.8 Å². The van der Waals surface area contributed by atoms with E-state index in [0.717, 1.165) is 27.3 Å². The molecule has 5 rings (SSSR count). The molecule has 0 aliphatic carbocycles. The summed E-state index contributed by atoms with van der Waals surface area (Å²) in [7, 11) is 3.88. The lowest BCUT2D eigenvalue weighted by Gasteiger charge is -2.23. The number of thiophene rings is 1. The number of hydrogen-bond acceptors (Lipinski definition) is 6. The molecule has 0 spiro atoms. The van der Waals surface area contributed by atoms with E-state index < -0.39 is 0 Å². The zero-order valence-corrected chi connectivity index (χ0v) is 23.7. The second kappa shape index (κ2) is 11.7. The SMILES string of the molecule is Cc1ccsc1C1SCC(=O)N(CC(=O)NCCN(C)C)c2c1c(-c1ccccc1)nn2-c1ccc(F)cc1. The fraction of sp³-hybridized carbons (Fsp3) is 0.276.